The van der Waals surface area contributed by atoms with Crippen molar-refractivity contribution in [2.75, 3.05) is 24.9 Å². The zero-order chi connectivity index (χ0) is 58.0. The third-order valence-electron chi connectivity index (χ3n) is 14.2. The molecule has 0 spiro atoms. The van der Waals surface area contributed by atoms with E-state index >= 15 is 0 Å². The minimum absolute atomic E-state index is 0. The number of aromatic hydroxyl groups is 2. The minimum Gasteiger partial charge on any atom is -0.505 e. The Morgan fingerprint density at radius 3 is 1.38 bits per heavy atom. The van der Waals surface area contributed by atoms with E-state index in [0.29, 0.717) is 11.4 Å². The fraction of sp³-hybridized carbons (Fsp3) is 0.382. The third kappa shape index (κ3) is 11.2. The van der Waals surface area contributed by atoms with Gasteiger partial charge in [-0.15, -0.1) is 0 Å². The maximum Gasteiger partial charge on any atom is 1.00 e. The summed E-state index contributed by atoms with van der Waals surface area (Å²) < 4.78 is 58.3. The van der Waals surface area contributed by atoms with Crippen LogP contribution in [0.5, 0.6) is 23.0 Å². The van der Waals surface area contributed by atoms with Gasteiger partial charge in [-0.25, -0.2) is 19.2 Å². The largest absolute Gasteiger partial charge is 1.00 e. The van der Waals surface area contributed by atoms with E-state index in [2.05, 4.69) is 25.6 Å². The average Bonchev–Trinajstić information content (AvgIpc) is 4.23. The number of rotatable bonds is 14. The molecule has 26 heteroatoms. The Kier molecular flexibility index (Phi) is 16.8. The molecule has 2 aliphatic rings. The maximum absolute atomic E-state index is 13.7. The summed E-state index contributed by atoms with van der Waals surface area (Å²) in [6, 6.07) is 11.9. The molecule has 2 aromatic carbocycles. The molecule has 0 aliphatic carbocycles. The number of fused-ring (bicyclic) bond motifs is 2. The number of amides is 2. The predicted molar refractivity (Wildman–Crippen MR) is 281 cm³/mol. The number of anilines is 2. The first-order chi connectivity index (χ1) is 37.7. The van der Waals surface area contributed by atoms with Crippen molar-refractivity contribution < 1.29 is 116 Å². The van der Waals surface area contributed by atoms with Crippen molar-refractivity contribution in [1.29, 1.82) is 0 Å². The van der Waals surface area contributed by atoms with Gasteiger partial charge in [0.25, 0.3) is 11.8 Å². The standard InChI is InChI=1S/C55H59N5O20.Na/c1-21-12-16-29(57-21)48(67)77-42-38(63)52(79-54(6,7)44(42)71-10)73-31-18-14-26-36(61)34(50(69)75-40(26)24(31)4)59-46(65)28-20-56-33(23(28)3)47(66)60-35-37(62)27-15-19-32(25(5)41(27)76-51(35)70)74-53-39(64)43(45(72-11)55(8,9)80-53)78-49(68)30-17-13-22(2)58-30;/h12-20,38-39,42-45,52-53,56-58,61-64H,1-11H3,(H,59,65)(H,60,66);/q;+1/t38-,39-,42+,43+,44-,45-,52-,53-;/m1./s1. The van der Waals surface area contributed by atoms with E-state index in [1.165, 1.54) is 71.4 Å². The SMILES string of the molecule is CO[C@@H]1[C@@H](OC(=O)c2ccc(C)[nH]2)[C@@H](O)[C@H](Oc2ccc3c(O)c(NC(=O)c4c[nH]c(C(=O)Nc5c(O)c6ccc(O[C@@H]7OC(C)(C)[C@H](OC)[C@@H](OC(=O)c8ccc(C)[nH]8)[C@H]7O)c(C)c6oc5=O)c4C)c(=O)oc3c2C)OC1(C)C.[Na+]. The van der Waals surface area contributed by atoms with E-state index in [4.69, 9.17) is 46.7 Å². The van der Waals surface area contributed by atoms with E-state index in [1.807, 2.05) is 0 Å². The summed E-state index contributed by atoms with van der Waals surface area (Å²) in [7, 11) is 2.76. The molecule has 0 bridgehead atoms. The summed E-state index contributed by atoms with van der Waals surface area (Å²) in [5, 5.41) is 50.4. The summed E-state index contributed by atoms with van der Waals surface area (Å²) in [5.41, 5.74) is -4.60. The summed E-state index contributed by atoms with van der Waals surface area (Å²) >= 11 is 0. The van der Waals surface area contributed by atoms with Gasteiger partial charge in [0.2, 0.25) is 12.6 Å². The number of methoxy groups -OCH3 is 2. The first-order valence-corrected chi connectivity index (χ1v) is 25.0. The van der Waals surface area contributed by atoms with Crippen LogP contribution in [0, 0.1) is 34.6 Å². The number of aliphatic hydroxyl groups excluding tert-OH is 2. The molecular formula is C55H59N5NaO20+. The van der Waals surface area contributed by atoms with Crippen LogP contribution in [0.1, 0.15) is 97.6 Å². The molecule has 2 aliphatic heterocycles. The number of esters is 2. The number of nitrogens with one attached hydrogen (secondary N) is 5. The molecule has 0 radical (unpaired) electrons. The first kappa shape index (κ1) is 59.7. The van der Waals surface area contributed by atoms with Crippen molar-refractivity contribution in [2.45, 2.75) is 123 Å². The van der Waals surface area contributed by atoms with Crippen LogP contribution >= 0.6 is 0 Å². The monoisotopic (exact) mass is 1130 g/mol. The number of carbonyl (C=O) groups is 4. The molecule has 81 heavy (non-hydrogen) atoms. The van der Waals surface area contributed by atoms with Crippen LogP contribution in [0.2, 0.25) is 0 Å². The van der Waals surface area contributed by atoms with Crippen molar-refractivity contribution in [1.82, 2.24) is 15.0 Å². The molecule has 2 fully saturated rings. The second-order valence-electron chi connectivity index (χ2n) is 20.5. The number of hydrogen-bond acceptors (Lipinski definition) is 20. The van der Waals surface area contributed by atoms with Crippen molar-refractivity contribution in [3.05, 3.63) is 126 Å². The zero-order valence-electron chi connectivity index (χ0n) is 46.1. The Labute approximate surface area is 482 Å². The van der Waals surface area contributed by atoms with Crippen molar-refractivity contribution in [3.63, 3.8) is 0 Å². The van der Waals surface area contributed by atoms with Crippen LogP contribution in [0.25, 0.3) is 21.9 Å². The summed E-state index contributed by atoms with van der Waals surface area (Å²) in [6.07, 6.45) is -9.34. The molecule has 9 N–H and O–H groups in total. The molecule has 424 valence electrons. The van der Waals surface area contributed by atoms with Gasteiger partial charge < -0.3 is 92.7 Å². The van der Waals surface area contributed by atoms with E-state index < -0.39 is 118 Å². The van der Waals surface area contributed by atoms with E-state index in [-0.39, 0.29) is 102 Å². The van der Waals surface area contributed by atoms with Gasteiger partial charge in [-0.1, -0.05) is 0 Å². The van der Waals surface area contributed by atoms with Gasteiger partial charge in [0.1, 0.15) is 52.0 Å². The number of benzene rings is 2. The van der Waals surface area contributed by atoms with Gasteiger partial charge in [-0.05, 0) is 116 Å². The predicted octanol–water partition coefficient (Wildman–Crippen LogP) is 2.58. The van der Waals surface area contributed by atoms with Gasteiger partial charge in [-0.2, -0.15) is 0 Å². The van der Waals surface area contributed by atoms with Gasteiger partial charge >= 0.3 is 52.7 Å². The van der Waals surface area contributed by atoms with Crippen LogP contribution in [-0.2, 0) is 28.4 Å². The van der Waals surface area contributed by atoms with Gasteiger partial charge in [0, 0.05) is 42.9 Å². The number of aliphatic hydroxyl groups is 2. The van der Waals surface area contributed by atoms with Crippen molar-refractivity contribution in [2.24, 2.45) is 0 Å². The Morgan fingerprint density at radius 1 is 0.593 bits per heavy atom. The molecule has 25 nitrogen and oxygen atoms in total. The summed E-state index contributed by atoms with van der Waals surface area (Å²) in [4.78, 5) is 89.0. The Hall–Kier alpha value is -7.46. The van der Waals surface area contributed by atoms with Gasteiger partial charge in [0.15, 0.2) is 47.3 Å². The summed E-state index contributed by atoms with van der Waals surface area (Å²) in [6.45, 7) is 14.6. The van der Waals surface area contributed by atoms with Crippen LogP contribution in [0.3, 0.4) is 0 Å². The molecule has 9 rings (SSSR count). The van der Waals surface area contributed by atoms with Crippen LogP contribution < -0.4 is 60.9 Å². The number of H-pyrrole nitrogens is 3. The quantitative estimate of drug-likeness (QED) is 0.0429. The fourth-order valence-corrected chi connectivity index (χ4v) is 10.0. The molecule has 0 unspecified atom stereocenters. The summed E-state index contributed by atoms with van der Waals surface area (Å²) in [5.74, 6) is -4.71. The Balaban J connectivity index is 0.00000860. The number of carbonyl (C=O) groups excluding carboxylic acids is 4. The molecule has 8 atom stereocenters. The van der Waals surface area contributed by atoms with Crippen LogP contribution in [0.4, 0.5) is 11.4 Å². The molecule has 5 aromatic heterocycles. The van der Waals surface area contributed by atoms with Crippen molar-refractivity contribution in [3.8, 4) is 23.0 Å². The van der Waals surface area contributed by atoms with Gasteiger partial charge in [0.05, 0.1) is 27.5 Å². The van der Waals surface area contributed by atoms with E-state index in [9.17, 15) is 49.2 Å². The van der Waals surface area contributed by atoms with E-state index in [0.717, 1.165) is 6.20 Å². The van der Waals surface area contributed by atoms with Gasteiger partial charge in [-0.3, -0.25) is 9.59 Å². The van der Waals surface area contributed by atoms with E-state index in [1.54, 1.807) is 53.7 Å². The topological polar surface area (TPSA) is 355 Å². The Bertz CT molecular complexity index is 3490. The maximum atomic E-state index is 13.7. The van der Waals surface area contributed by atoms with Crippen LogP contribution in [-0.4, -0.2) is 134 Å². The number of aromatic nitrogens is 3. The molecule has 7 heterocycles. The Morgan fingerprint density at radius 2 is 1.00 bits per heavy atom. The third-order valence-corrected chi connectivity index (χ3v) is 14.2. The number of aryl methyl sites for hydroxylation is 4. The molecule has 7 aromatic rings. The van der Waals surface area contributed by atoms with Crippen molar-refractivity contribution >= 4 is 57.1 Å². The smallest absolute Gasteiger partial charge is 0.505 e. The molecule has 2 amide bonds. The molecular weight excluding hydrogens is 1070 g/mol. The average molecular weight is 1130 g/mol. The molecule has 0 saturated carbocycles. The number of aromatic amines is 3. The normalized spacial score (nSPS) is 22.1. The fourth-order valence-electron chi connectivity index (χ4n) is 10.0. The van der Waals surface area contributed by atoms with Crippen LogP contribution in [0.15, 0.2) is 73.2 Å². The number of hydrogen-bond donors (Lipinski definition) is 9. The second kappa shape index (κ2) is 22.8. The second-order valence-corrected chi connectivity index (χ2v) is 20.5. The zero-order valence-corrected chi connectivity index (χ0v) is 48.1. The first-order valence-electron chi connectivity index (χ1n) is 25.0. The minimum atomic E-state index is -1.59. The molecule has 2 saturated heterocycles. The number of ether oxygens (including phenoxy) is 8.